The summed E-state index contributed by atoms with van der Waals surface area (Å²) in [5, 5.41) is 16.6. The van der Waals surface area contributed by atoms with Crippen molar-refractivity contribution in [2.75, 3.05) is 31.1 Å². The van der Waals surface area contributed by atoms with Crippen molar-refractivity contribution in [2.45, 2.75) is 26.9 Å². The van der Waals surface area contributed by atoms with Gasteiger partial charge in [-0.25, -0.2) is 4.98 Å². The molecule has 1 atom stereocenters. The van der Waals surface area contributed by atoms with Crippen molar-refractivity contribution in [3.8, 4) is 5.75 Å². The topological polar surface area (TPSA) is 103 Å². The van der Waals surface area contributed by atoms with Crippen molar-refractivity contribution < 1.29 is 14.6 Å². The third-order valence-electron chi connectivity index (χ3n) is 6.22. The Labute approximate surface area is 208 Å². The fourth-order valence-electron chi connectivity index (χ4n) is 4.31. The summed E-state index contributed by atoms with van der Waals surface area (Å²) in [5.41, 5.74) is 2.09. The van der Waals surface area contributed by atoms with Gasteiger partial charge in [-0.2, -0.15) is 4.98 Å². The molecule has 0 amide bonds. The Balaban J connectivity index is 1.52. The maximum atomic E-state index is 12.3. The van der Waals surface area contributed by atoms with Crippen LogP contribution in [0.25, 0.3) is 21.8 Å². The summed E-state index contributed by atoms with van der Waals surface area (Å²) in [6, 6.07) is 11.1. The predicted octanol–water partition coefficient (Wildman–Crippen LogP) is 4.21. The van der Waals surface area contributed by atoms with Crippen molar-refractivity contribution in [3.05, 3.63) is 59.0 Å². The van der Waals surface area contributed by atoms with Crippen LogP contribution in [0.5, 0.6) is 5.75 Å². The zero-order valence-electron chi connectivity index (χ0n) is 19.9. The van der Waals surface area contributed by atoms with Crippen molar-refractivity contribution in [3.63, 3.8) is 0 Å². The SMILES string of the molecule is CC(C)(C)C(=O)Oc1ccc2c(C(O)c3c[nH]c4c(N5CCNCC5)nc(Cl)nc34)cccc2c1. The summed E-state index contributed by atoms with van der Waals surface area (Å²) in [5.74, 6) is 0.906. The zero-order valence-corrected chi connectivity index (χ0v) is 20.7. The molecule has 2 aromatic carbocycles. The molecule has 35 heavy (non-hydrogen) atoms. The number of rotatable bonds is 4. The highest BCUT2D eigenvalue weighted by molar-refractivity contribution is 6.28. The zero-order chi connectivity index (χ0) is 24.7. The number of esters is 1. The first kappa shape index (κ1) is 23.5. The largest absolute Gasteiger partial charge is 0.426 e. The molecule has 1 unspecified atom stereocenters. The molecule has 0 spiro atoms. The number of H-pyrrole nitrogens is 1. The second-order valence-electron chi connectivity index (χ2n) is 9.79. The van der Waals surface area contributed by atoms with E-state index in [9.17, 15) is 9.90 Å². The Morgan fingerprint density at radius 2 is 1.91 bits per heavy atom. The molecule has 9 heteroatoms. The molecule has 1 saturated heterocycles. The van der Waals surface area contributed by atoms with Crippen molar-refractivity contribution in [1.29, 1.82) is 0 Å². The Bertz CT molecular complexity index is 1410. The molecule has 1 aliphatic rings. The first-order valence-corrected chi connectivity index (χ1v) is 12.0. The number of nitrogens with zero attached hydrogens (tertiary/aromatic N) is 3. The predicted molar refractivity (Wildman–Crippen MR) is 137 cm³/mol. The fourth-order valence-corrected chi connectivity index (χ4v) is 4.48. The number of hydrogen-bond acceptors (Lipinski definition) is 7. The number of fused-ring (bicyclic) bond motifs is 2. The van der Waals surface area contributed by atoms with Crippen LogP contribution in [-0.4, -0.2) is 52.2 Å². The molecular formula is C26H28ClN5O3. The van der Waals surface area contributed by atoms with E-state index >= 15 is 0 Å². The van der Waals surface area contributed by atoms with E-state index in [0.29, 0.717) is 16.8 Å². The number of benzene rings is 2. The van der Waals surface area contributed by atoms with Crippen LogP contribution < -0.4 is 15.0 Å². The molecule has 0 aliphatic carbocycles. The van der Waals surface area contributed by atoms with E-state index in [-0.39, 0.29) is 11.3 Å². The molecule has 3 N–H and O–H groups in total. The second-order valence-corrected chi connectivity index (χ2v) is 10.1. The van der Waals surface area contributed by atoms with Gasteiger partial charge in [0.05, 0.1) is 5.41 Å². The number of aromatic amines is 1. The van der Waals surface area contributed by atoms with E-state index in [1.165, 1.54) is 0 Å². The summed E-state index contributed by atoms with van der Waals surface area (Å²) >= 11 is 6.31. The molecule has 3 heterocycles. The molecule has 5 rings (SSSR count). The minimum Gasteiger partial charge on any atom is -0.426 e. The normalized spacial score (nSPS) is 15.5. The summed E-state index contributed by atoms with van der Waals surface area (Å²) in [4.78, 5) is 26.6. The van der Waals surface area contributed by atoms with Crippen molar-refractivity contribution in [1.82, 2.24) is 20.3 Å². The van der Waals surface area contributed by atoms with E-state index < -0.39 is 11.5 Å². The van der Waals surface area contributed by atoms with Gasteiger partial charge in [0.15, 0.2) is 5.82 Å². The number of aliphatic hydroxyl groups is 1. The molecule has 0 bridgehead atoms. The number of aromatic nitrogens is 3. The monoisotopic (exact) mass is 493 g/mol. The number of carbonyl (C=O) groups is 1. The van der Waals surface area contributed by atoms with Crippen LogP contribution in [-0.2, 0) is 4.79 Å². The summed E-state index contributed by atoms with van der Waals surface area (Å²) in [6.45, 7) is 8.79. The van der Waals surface area contributed by atoms with E-state index in [2.05, 4.69) is 25.2 Å². The van der Waals surface area contributed by atoms with Gasteiger partial charge in [-0.3, -0.25) is 4.79 Å². The molecule has 8 nitrogen and oxygen atoms in total. The molecule has 0 saturated carbocycles. The van der Waals surface area contributed by atoms with Crippen molar-refractivity contribution in [2.24, 2.45) is 5.41 Å². The number of piperazine rings is 1. The lowest BCUT2D eigenvalue weighted by Crippen LogP contribution is -2.44. The quantitative estimate of drug-likeness (QED) is 0.222. The molecule has 182 valence electrons. The molecule has 2 aromatic heterocycles. The van der Waals surface area contributed by atoms with Crippen LogP contribution in [0, 0.1) is 5.41 Å². The van der Waals surface area contributed by atoms with Crippen LogP contribution in [0.2, 0.25) is 5.28 Å². The minimum absolute atomic E-state index is 0.141. The Morgan fingerprint density at radius 1 is 1.14 bits per heavy atom. The van der Waals surface area contributed by atoms with E-state index in [4.69, 9.17) is 16.3 Å². The van der Waals surface area contributed by atoms with Gasteiger partial charge < -0.3 is 25.0 Å². The smallest absolute Gasteiger partial charge is 0.316 e. The van der Waals surface area contributed by atoms with Gasteiger partial charge in [0, 0.05) is 37.9 Å². The number of halogens is 1. The summed E-state index contributed by atoms with van der Waals surface area (Å²) in [7, 11) is 0. The standard InChI is InChI=1S/C26H28ClN5O3/c1-26(2,3)24(34)35-16-7-8-17-15(13-16)5-4-6-18(17)22(33)19-14-29-21-20(19)30-25(27)31-23(21)32-11-9-28-10-12-32/h4-8,13-14,22,28-29,33H,9-12H2,1-3H3. The van der Waals surface area contributed by atoms with E-state index in [0.717, 1.165) is 53.8 Å². The highest BCUT2D eigenvalue weighted by Crippen LogP contribution is 2.36. The number of carbonyl (C=O) groups excluding carboxylic acids is 1. The molecule has 4 aromatic rings. The number of hydrogen-bond donors (Lipinski definition) is 3. The third kappa shape index (κ3) is 4.57. The number of anilines is 1. The number of aliphatic hydroxyl groups excluding tert-OH is 1. The van der Waals surface area contributed by atoms with Gasteiger partial charge >= 0.3 is 5.97 Å². The van der Waals surface area contributed by atoms with Gasteiger partial charge in [-0.1, -0.05) is 24.3 Å². The average Bonchev–Trinajstić information content (AvgIpc) is 3.26. The lowest BCUT2D eigenvalue weighted by Gasteiger charge is -2.28. The number of ether oxygens (including phenoxy) is 1. The molecular weight excluding hydrogens is 466 g/mol. The van der Waals surface area contributed by atoms with Crippen LogP contribution in [0.3, 0.4) is 0 Å². The van der Waals surface area contributed by atoms with E-state index in [1.54, 1.807) is 12.3 Å². The van der Waals surface area contributed by atoms with Gasteiger partial charge in [-0.05, 0) is 60.8 Å². The first-order valence-electron chi connectivity index (χ1n) is 11.7. The Morgan fingerprint density at radius 3 is 2.66 bits per heavy atom. The van der Waals surface area contributed by atoms with E-state index in [1.807, 2.05) is 51.1 Å². The number of nitrogens with one attached hydrogen (secondary N) is 2. The van der Waals surface area contributed by atoms with Gasteiger partial charge in [0.1, 0.15) is 22.9 Å². The molecule has 1 aliphatic heterocycles. The second kappa shape index (κ2) is 9.11. The van der Waals surface area contributed by atoms with Crippen LogP contribution in [0.15, 0.2) is 42.6 Å². The minimum atomic E-state index is -0.947. The van der Waals surface area contributed by atoms with Crippen molar-refractivity contribution >= 4 is 45.2 Å². The maximum Gasteiger partial charge on any atom is 0.316 e. The highest BCUT2D eigenvalue weighted by Gasteiger charge is 2.25. The van der Waals surface area contributed by atoms with Gasteiger partial charge in [0.25, 0.3) is 0 Å². The third-order valence-corrected chi connectivity index (χ3v) is 6.39. The summed E-state index contributed by atoms with van der Waals surface area (Å²) < 4.78 is 5.55. The molecule has 1 fully saturated rings. The maximum absolute atomic E-state index is 12.3. The average molecular weight is 494 g/mol. The Hall–Kier alpha value is -3.20. The lowest BCUT2D eigenvalue weighted by atomic mass is 9.96. The van der Waals surface area contributed by atoms with Crippen LogP contribution >= 0.6 is 11.6 Å². The first-order chi connectivity index (χ1) is 16.7. The Kier molecular flexibility index (Phi) is 6.13. The van der Waals surface area contributed by atoms with Gasteiger partial charge in [0.2, 0.25) is 5.28 Å². The van der Waals surface area contributed by atoms with Crippen LogP contribution in [0.4, 0.5) is 5.82 Å². The summed E-state index contributed by atoms with van der Waals surface area (Å²) in [6.07, 6.45) is 0.821. The van der Waals surface area contributed by atoms with Crippen LogP contribution in [0.1, 0.15) is 38.0 Å². The highest BCUT2D eigenvalue weighted by atomic mass is 35.5. The molecule has 0 radical (unpaired) electrons. The lowest BCUT2D eigenvalue weighted by molar-refractivity contribution is -0.142. The fraction of sp³-hybridized carbons (Fsp3) is 0.346. The van der Waals surface area contributed by atoms with Gasteiger partial charge in [-0.15, -0.1) is 0 Å².